The van der Waals surface area contributed by atoms with Crippen LogP contribution in [0.15, 0.2) is 18.3 Å². The lowest BCUT2D eigenvalue weighted by molar-refractivity contribution is 0.479. The van der Waals surface area contributed by atoms with E-state index in [4.69, 9.17) is 5.73 Å². The lowest BCUT2D eigenvalue weighted by Gasteiger charge is -2.15. The van der Waals surface area contributed by atoms with Gasteiger partial charge in [-0.25, -0.2) is 0 Å². The van der Waals surface area contributed by atoms with Crippen LogP contribution in [0.3, 0.4) is 0 Å². The minimum Gasteiger partial charge on any atom is -0.350 e. The third-order valence-electron chi connectivity index (χ3n) is 4.81. The standard InChI is InChI=1S/C17H24N2/c1-11-7-8-12(2)17-16(11)14(10-19(17)3)9-13-5-4-6-15(13)18/h7-8,10,13,15H,4-6,9,18H2,1-3H3. The van der Waals surface area contributed by atoms with Crippen LogP contribution in [-0.4, -0.2) is 10.6 Å². The smallest absolute Gasteiger partial charge is 0.0512 e. The molecular formula is C17H24N2. The Bertz CT molecular complexity index is 609. The van der Waals surface area contributed by atoms with Crippen LogP contribution in [0.4, 0.5) is 0 Å². The summed E-state index contributed by atoms with van der Waals surface area (Å²) in [6.45, 7) is 4.42. The van der Waals surface area contributed by atoms with Crippen LogP contribution < -0.4 is 5.73 Å². The highest BCUT2D eigenvalue weighted by molar-refractivity contribution is 5.89. The summed E-state index contributed by atoms with van der Waals surface area (Å²) >= 11 is 0. The molecule has 0 bridgehead atoms. The molecule has 2 unspecified atom stereocenters. The molecule has 2 aromatic rings. The molecule has 0 saturated heterocycles. The number of aromatic nitrogens is 1. The molecule has 1 aliphatic carbocycles. The van der Waals surface area contributed by atoms with E-state index < -0.39 is 0 Å². The van der Waals surface area contributed by atoms with Crippen LogP contribution in [0, 0.1) is 19.8 Å². The first kappa shape index (κ1) is 12.7. The maximum Gasteiger partial charge on any atom is 0.0512 e. The Balaban J connectivity index is 2.06. The number of aryl methyl sites for hydroxylation is 3. The Labute approximate surface area is 115 Å². The van der Waals surface area contributed by atoms with E-state index in [1.54, 1.807) is 0 Å². The van der Waals surface area contributed by atoms with Crippen LogP contribution in [-0.2, 0) is 13.5 Å². The zero-order valence-electron chi connectivity index (χ0n) is 12.2. The van der Waals surface area contributed by atoms with Gasteiger partial charge in [-0.15, -0.1) is 0 Å². The van der Waals surface area contributed by atoms with Crippen molar-refractivity contribution in [3.05, 3.63) is 35.0 Å². The minimum atomic E-state index is 0.403. The van der Waals surface area contributed by atoms with E-state index in [9.17, 15) is 0 Å². The summed E-state index contributed by atoms with van der Waals surface area (Å²) in [6, 6.07) is 4.87. The van der Waals surface area contributed by atoms with Crippen molar-refractivity contribution in [3.8, 4) is 0 Å². The van der Waals surface area contributed by atoms with Crippen LogP contribution in [0.1, 0.15) is 36.0 Å². The molecular weight excluding hydrogens is 232 g/mol. The number of fused-ring (bicyclic) bond motifs is 1. The Hall–Kier alpha value is -1.28. The fourth-order valence-electron chi connectivity index (χ4n) is 3.78. The van der Waals surface area contributed by atoms with Crippen molar-refractivity contribution in [2.45, 2.75) is 45.6 Å². The normalized spacial score (nSPS) is 23.4. The lowest BCUT2D eigenvalue weighted by Crippen LogP contribution is -2.25. The average Bonchev–Trinajstić information content (AvgIpc) is 2.91. The zero-order chi connectivity index (χ0) is 13.6. The molecule has 102 valence electrons. The molecule has 1 heterocycles. The molecule has 2 heteroatoms. The van der Waals surface area contributed by atoms with E-state index in [1.165, 1.54) is 46.9 Å². The topological polar surface area (TPSA) is 30.9 Å². The Morgan fingerprint density at radius 1 is 1.21 bits per heavy atom. The van der Waals surface area contributed by atoms with E-state index in [0.717, 1.165) is 6.42 Å². The quantitative estimate of drug-likeness (QED) is 0.876. The summed E-state index contributed by atoms with van der Waals surface area (Å²) in [6.07, 6.45) is 7.25. The van der Waals surface area contributed by atoms with Gasteiger partial charge in [0, 0.05) is 24.7 Å². The molecule has 0 aliphatic heterocycles. The van der Waals surface area contributed by atoms with Crippen LogP contribution in [0.25, 0.3) is 10.9 Å². The van der Waals surface area contributed by atoms with E-state index in [2.05, 4.69) is 43.8 Å². The van der Waals surface area contributed by atoms with E-state index in [-0.39, 0.29) is 0 Å². The van der Waals surface area contributed by atoms with Crippen LogP contribution in [0.5, 0.6) is 0 Å². The first-order valence-corrected chi connectivity index (χ1v) is 7.37. The second-order valence-corrected chi connectivity index (χ2v) is 6.25. The number of rotatable bonds is 2. The largest absolute Gasteiger partial charge is 0.350 e. The van der Waals surface area contributed by atoms with Gasteiger partial charge in [-0.05, 0) is 55.7 Å². The minimum absolute atomic E-state index is 0.403. The van der Waals surface area contributed by atoms with Crippen molar-refractivity contribution >= 4 is 10.9 Å². The van der Waals surface area contributed by atoms with Crippen molar-refractivity contribution in [1.82, 2.24) is 4.57 Å². The van der Waals surface area contributed by atoms with Crippen molar-refractivity contribution in [2.75, 3.05) is 0 Å². The van der Waals surface area contributed by atoms with Gasteiger partial charge in [0.25, 0.3) is 0 Å². The third-order valence-corrected chi connectivity index (χ3v) is 4.81. The summed E-state index contributed by atoms with van der Waals surface area (Å²) in [5.41, 5.74) is 11.9. The fourth-order valence-corrected chi connectivity index (χ4v) is 3.78. The number of hydrogen-bond donors (Lipinski definition) is 1. The third kappa shape index (κ3) is 2.08. The van der Waals surface area contributed by atoms with Gasteiger partial charge in [0.2, 0.25) is 0 Å². The number of nitrogens with two attached hydrogens (primary N) is 1. The molecule has 0 radical (unpaired) electrons. The van der Waals surface area contributed by atoms with Crippen molar-refractivity contribution in [3.63, 3.8) is 0 Å². The summed E-state index contributed by atoms with van der Waals surface area (Å²) in [5.74, 6) is 0.672. The Morgan fingerprint density at radius 2 is 1.95 bits per heavy atom. The van der Waals surface area contributed by atoms with E-state index in [1.807, 2.05) is 0 Å². The molecule has 1 aromatic carbocycles. The Morgan fingerprint density at radius 3 is 2.63 bits per heavy atom. The van der Waals surface area contributed by atoms with Gasteiger partial charge in [0.05, 0.1) is 5.52 Å². The lowest BCUT2D eigenvalue weighted by atomic mass is 9.93. The first-order valence-electron chi connectivity index (χ1n) is 7.37. The monoisotopic (exact) mass is 256 g/mol. The maximum absolute atomic E-state index is 6.24. The number of benzene rings is 1. The SMILES string of the molecule is Cc1ccc(C)c2c1c(CC1CCCC1N)cn2C. The van der Waals surface area contributed by atoms with Gasteiger partial charge >= 0.3 is 0 Å². The highest BCUT2D eigenvalue weighted by atomic mass is 14.9. The molecule has 1 fully saturated rings. The van der Waals surface area contributed by atoms with Gasteiger partial charge in [0.15, 0.2) is 0 Å². The second kappa shape index (κ2) is 4.68. The predicted octanol–water partition coefficient (Wildman–Crippen LogP) is 3.47. The highest BCUT2D eigenvalue weighted by Crippen LogP contribution is 2.33. The van der Waals surface area contributed by atoms with Crippen LogP contribution in [0.2, 0.25) is 0 Å². The van der Waals surface area contributed by atoms with Gasteiger partial charge in [0.1, 0.15) is 0 Å². The summed E-state index contributed by atoms with van der Waals surface area (Å²) < 4.78 is 2.29. The summed E-state index contributed by atoms with van der Waals surface area (Å²) in [4.78, 5) is 0. The molecule has 1 aliphatic rings. The van der Waals surface area contributed by atoms with Crippen molar-refractivity contribution in [2.24, 2.45) is 18.7 Å². The van der Waals surface area contributed by atoms with Crippen LogP contribution >= 0.6 is 0 Å². The molecule has 0 spiro atoms. The molecule has 2 nitrogen and oxygen atoms in total. The van der Waals surface area contributed by atoms with E-state index >= 15 is 0 Å². The fraction of sp³-hybridized carbons (Fsp3) is 0.529. The van der Waals surface area contributed by atoms with Gasteiger partial charge in [-0.3, -0.25) is 0 Å². The molecule has 1 aromatic heterocycles. The van der Waals surface area contributed by atoms with Gasteiger partial charge in [-0.1, -0.05) is 18.6 Å². The second-order valence-electron chi connectivity index (χ2n) is 6.25. The summed E-state index contributed by atoms with van der Waals surface area (Å²) in [7, 11) is 2.16. The van der Waals surface area contributed by atoms with Gasteiger partial charge in [-0.2, -0.15) is 0 Å². The zero-order valence-corrected chi connectivity index (χ0v) is 12.2. The molecule has 3 rings (SSSR count). The predicted molar refractivity (Wildman–Crippen MR) is 81.4 cm³/mol. The van der Waals surface area contributed by atoms with Crippen molar-refractivity contribution in [1.29, 1.82) is 0 Å². The van der Waals surface area contributed by atoms with E-state index in [0.29, 0.717) is 12.0 Å². The molecule has 2 N–H and O–H groups in total. The van der Waals surface area contributed by atoms with Gasteiger partial charge < -0.3 is 10.3 Å². The summed E-state index contributed by atoms with van der Waals surface area (Å²) in [5, 5.41) is 1.46. The molecule has 0 amide bonds. The maximum atomic E-state index is 6.24. The molecule has 19 heavy (non-hydrogen) atoms. The highest BCUT2D eigenvalue weighted by Gasteiger charge is 2.25. The number of hydrogen-bond acceptors (Lipinski definition) is 1. The van der Waals surface area contributed by atoms with Crippen molar-refractivity contribution < 1.29 is 0 Å². The Kier molecular flexibility index (Phi) is 3.14. The molecule has 1 saturated carbocycles. The first-order chi connectivity index (χ1) is 9.08. The molecule has 2 atom stereocenters. The number of nitrogens with zero attached hydrogens (tertiary/aromatic N) is 1. The average molecular weight is 256 g/mol.